The smallest absolute Gasteiger partial charge is 0.260 e. The molecule has 160 valence electrons. The normalized spacial score (nSPS) is 25.3. The number of amides is 1. The summed E-state index contributed by atoms with van der Waals surface area (Å²) in [5.74, 6) is 1.32. The summed E-state index contributed by atoms with van der Waals surface area (Å²) in [6.45, 7) is 1.39. The molecule has 1 aliphatic heterocycles. The Morgan fingerprint density at radius 1 is 1.10 bits per heavy atom. The van der Waals surface area contributed by atoms with Crippen molar-refractivity contribution in [2.24, 2.45) is 11.8 Å². The zero-order valence-corrected chi connectivity index (χ0v) is 17.1. The number of para-hydroxylation sites is 1. The number of benzene rings is 1. The Bertz CT molecular complexity index is 1030. The summed E-state index contributed by atoms with van der Waals surface area (Å²) >= 11 is 0. The highest BCUT2D eigenvalue weighted by Gasteiger charge is 2.44. The van der Waals surface area contributed by atoms with E-state index in [1.807, 2.05) is 53.6 Å². The number of aromatic nitrogens is 4. The zero-order valence-electron chi connectivity index (χ0n) is 17.1. The number of pyridine rings is 1. The van der Waals surface area contributed by atoms with E-state index in [0.717, 1.165) is 17.7 Å². The highest BCUT2D eigenvalue weighted by atomic mass is 16.5. The van der Waals surface area contributed by atoms with Crippen LogP contribution in [0.4, 0.5) is 0 Å². The van der Waals surface area contributed by atoms with E-state index in [0.29, 0.717) is 37.1 Å². The number of hydrogen-bond donors (Lipinski definition) is 1. The van der Waals surface area contributed by atoms with Crippen LogP contribution in [0.2, 0.25) is 0 Å². The van der Waals surface area contributed by atoms with Crippen LogP contribution >= 0.6 is 0 Å². The van der Waals surface area contributed by atoms with Gasteiger partial charge in [0.1, 0.15) is 11.4 Å². The molecule has 1 saturated heterocycles. The van der Waals surface area contributed by atoms with Gasteiger partial charge in [0.25, 0.3) is 5.91 Å². The van der Waals surface area contributed by atoms with Crippen molar-refractivity contribution >= 4 is 5.91 Å². The number of hydrogen-bond acceptors (Lipinski definition) is 6. The molecule has 3 heterocycles. The van der Waals surface area contributed by atoms with E-state index >= 15 is 0 Å². The van der Waals surface area contributed by atoms with Crippen LogP contribution in [0.15, 0.2) is 61.1 Å². The average Bonchev–Trinajstić information content (AvgIpc) is 3.45. The fourth-order valence-electron chi connectivity index (χ4n) is 4.73. The SMILES string of the molecule is O=C(COc1ccccc1)N1C[C@H]2C[C@@H](n3cc(-c4cccnc4)nn3)[C@H](O)C[C@H]2C1. The van der Waals surface area contributed by atoms with Crippen molar-refractivity contribution in [2.45, 2.75) is 25.0 Å². The number of nitrogens with zero attached hydrogens (tertiary/aromatic N) is 5. The van der Waals surface area contributed by atoms with Crippen molar-refractivity contribution in [1.29, 1.82) is 0 Å². The summed E-state index contributed by atoms with van der Waals surface area (Å²) in [6.07, 6.45) is 6.25. The van der Waals surface area contributed by atoms with Crippen LogP contribution in [0.5, 0.6) is 5.75 Å². The molecule has 2 aromatic heterocycles. The molecule has 1 amide bonds. The lowest BCUT2D eigenvalue weighted by atomic mass is 9.77. The maximum Gasteiger partial charge on any atom is 0.260 e. The maximum absolute atomic E-state index is 12.7. The summed E-state index contributed by atoms with van der Waals surface area (Å²) in [5, 5.41) is 19.3. The molecule has 1 aliphatic carbocycles. The molecule has 2 fully saturated rings. The van der Waals surface area contributed by atoms with E-state index in [2.05, 4.69) is 15.3 Å². The average molecular weight is 419 g/mol. The molecule has 0 spiro atoms. The Kier molecular flexibility index (Phi) is 5.38. The highest BCUT2D eigenvalue weighted by molar-refractivity contribution is 5.78. The first-order valence-electron chi connectivity index (χ1n) is 10.6. The minimum Gasteiger partial charge on any atom is -0.484 e. The molecule has 0 radical (unpaired) electrons. The van der Waals surface area contributed by atoms with E-state index in [9.17, 15) is 9.90 Å². The van der Waals surface area contributed by atoms with Gasteiger partial charge in [-0.15, -0.1) is 5.10 Å². The Labute approximate surface area is 180 Å². The van der Waals surface area contributed by atoms with Gasteiger partial charge in [-0.1, -0.05) is 23.4 Å². The fraction of sp³-hybridized carbons (Fsp3) is 0.391. The van der Waals surface area contributed by atoms with Gasteiger partial charge < -0.3 is 14.7 Å². The molecule has 1 N–H and O–H groups in total. The maximum atomic E-state index is 12.7. The van der Waals surface area contributed by atoms with Gasteiger partial charge in [-0.05, 0) is 48.9 Å². The third-order valence-corrected chi connectivity index (χ3v) is 6.37. The summed E-state index contributed by atoms with van der Waals surface area (Å²) in [7, 11) is 0. The predicted octanol–water partition coefficient (Wildman–Crippen LogP) is 2.19. The van der Waals surface area contributed by atoms with Gasteiger partial charge >= 0.3 is 0 Å². The Balaban J connectivity index is 1.22. The van der Waals surface area contributed by atoms with Crippen molar-refractivity contribution in [1.82, 2.24) is 24.9 Å². The molecule has 5 rings (SSSR count). The molecule has 0 bridgehead atoms. The van der Waals surface area contributed by atoms with Gasteiger partial charge in [0.05, 0.1) is 18.3 Å². The number of likely N-dealkylation sites (tertiary alicyclic amines) is 1. The molecular formula is C23H25N5O3. The van der Waals surface area contributed by atoms with Crippen molar-refractivity contribution < 1.29 is 14.6 Å². The van der Waals surface area contributed by atoms with Crippen LogP contribution in [0.1, 0.15) is 18.9 Å². The van der Waals surface area contributed by atoms with Crippen LogP contribution < -0.4 is 4.74 Å². The summed E-state index contributed by atoms with van der Waals surface area (Å²) in [4.78, 5) is 18.7. The standard InChI is InChI=1S/C23H25N5O3/c29-22-10-18-13-27(23(30)15-31-19-6-2-1-3-7-19)12-17(18)9-21(22)28-14-20(25-26-28)16-5-4-8-24-11-16/h1-8,11,14,17-18,21-22,29H,9-10,12-13,15H2/t17-,18+,21-,22-/m1/s1. The van der Waals surface area contributed by atoms with Gasteiger partial charge in [-0.25, -0.2) is 4.68 Å². The first kappa shape index (κ1) is 19.7. The van der Waals surface area contributed by atoms with Gasteiger partial charge in [0.15, 0.2) is 6.61 Å². The third kappa shape index (κ3) is 4.16. The second-order valence-corrected chi connectivity index (χ2v) is 8.35. The Morgan fingerprint density at radius 3 is 2.68 bits per heavy atom. The molecule has 4 atom stereocenters. The first-order valence-corrected chi connectivity index (χ1v) is 10.6. The minimum atomic E-state index is -0.514. The molecule has 0 unspecified atom stereocenters. The lowest BCUT2D eigenvalue weighted by Gasteiger charge is -2.34. The first-order chi connectivity index (χ1) is 15.2. The van der Waals surface area contributed by atoms with E-state index in [1.54, 1.807) is 17.1 Å². The van der Waals surface area contributed by atoms with Crippen LogP contribution in [0.25, 0.3) is 11.3 Å². The van der Waals surface area contributed by atoms with Crippen molar-refractivity contribution in [3.05, 3.63) is 61.1 Å². The van der Waals surface area contributed by atoms with Crippen LogP contribution in [0, 0.1) is 11.8 Å². The predicted molar refractivity (Wildman–Crippen MR) is 113 cm³/mol. The molecule has 8 heteroatoms. The van der Waals surface area contributed by atoms with Crippen LogP contribution in [-0.2, 0) is 4.79 Å². The number of carbonyl (C=O) groups is 1. The van der Waals surface area contributed by atoms with Gasteiger partial charge in [-0.3, -0.25) is 9.78 Å². The zero-order chi connectivity index (χ0) is 21.2. The van der Waals surface area contributed by atoms with E-state index in [1.165, 1.54) is 0 Å². The van der Waals surface area contributed by atoms with Crippen molar-refractivity contribution in [3.8, 4) is 17.0 Å². The second kappa shape index (κ2) is 8.47. The second-order valence-electron chi connectivity index (χ2n) is 8.35. The summed E-state index contributed by atoms with van der Waals surface area (Å²) < 4.78 is 7.39. The Hall–Kier alpha value is -3.26. The highest BCUT2D eigenvalue weighted by Crippen LogP contribution is 2.41. The fourth-order valence-corrected chi connectivity index (χ4v) is 4.73. The Morgan fingerprint density at radius 2 is 1.90 bits per heavy atom. The molecule has 2 aliphatic rings. The van der Waals surface area contributed by atoms with Crippen molar-refractivity contribution in [3.63, 3.8) is 0 Å². The number of carbonyl (C=O) groups excluding carboxylic acids is 1. The number of fused-ring (bicyclic) bond motifs is 1. The minimum absolute atomic E-state index is 0.0103. The van der Waals surface area contributed by atoms with Gasteiger partial charge in [0, 0.05) is 31.0 Å². The molecular weight excluding hydrogens is 394 g/mol. The molecule has 3 aromatic rings. The molecule has 31 heavy (non-hydrogen) atoms. The lowest BCUT2D eigenvalue weighted by Crippen LogP contribution is -2.36. The van der Waals surface area contributed by atoms with Crippen molar-refractivity contribution in [2.75, 3.05) is 19.7 Å². The van der Waals surface area contributed by atoms with Gasteiger partial charge in [-0.2, -0.15) is 0 Å². The molecule has 1 saturated carbocycles. The summed E-state index contributed by atoms with van der Waals surface area (Å²) in [6, 6.07) is 13.0. The quantitative estimate of drug-likeness (QED) is 0.681. The lowest BCUT2D eigenvalue weighted by molar-refractivity contribution is -0.132. The molecule has 8 nitrogen and oxygen atoms in total. The topological polar surface area (TPSA) is 93.4 Å². The third-order valence-electron chi connectivity index (χ3n) is 6.37. The number of aliphatic hydroxyl groups excluding tert-OH is 1. The van der Waals surface area contributed by atoms with E-state index in [-0.39, 0.29) is 18.6 Å². The van der Waals surface area contributed by atoms with E-state index < -0.39 is 6.10 Å². The monoisotopic (exact) mass is 419 g/mol. The number of aliphatic hydroxyl groups is 1. The van der Waals surface area contributed by atoms with Crippen LogP contribution in [-0.4, -0.2) is 61.7 Å². The van der Waals surface area contributed by atoms with Gasteiger partial charge in [0.2, 0.25) is 0 Å². The molecule has 1 aromatic carbocycles. The number of ether oxygens (including phenoxy) is 1. The number of rotatable bonds is 5. The largest absolute Gasteiger partial charge is 0.484 e. The van der Waals surface area contributed by atoms with Crippen LogP contribution in [0.3, 0.4) is 0 Å². The van der Waals surface area contributed by atoms with E-state index in [4.69, 9.17) is 4.74 Å². The summed E-state index contributed by atoms with van der Waals surface area (Å²) in [5.41, 5.74) is 1.64.